The molecule has 2 N–H and O–H groups in total. The van der Waals surface area contributed by atoms with Crippen molar-refractivity contribution in [2.45, 2.75) is 0 Å². The van der Waals surface area contributed by atoms with Crippen molar-refractivity contribution >= 4 is 6.01 Å². The van der Waals surface area contributed by atoms with Crippen LogP contribution in [0.25, 0.3) is 11.3 Å². The van der Waals surface area contributed by atoms with Gasteiger partial charge in [-0.3, -0.25) is 0 Å². The molecule has 0 saturated carbocycles. The summed E-state index contributed by atoms with van der Waals surface area (Å²) in [6.07, 6.45) is 1.44. The van der Waals surface area contributed by atoms with Crippen LogP contribution in [0, 0.1) is 11.3 Å². The molecule has 1 aromatic heterocycles. The third kappa shape index (κ3) is 1.31. The van der Waals surface area contributed by atoms with Crippen LogP contribution < -0.4 is 5.73 Å². The zero-order chi connectivity index (χ0) is 9.97. The highest BCUT2D eigenvalue weighted by Gasteiger charge is 2.07. The average molecular weight is 185 g/mol. The molecule has 0 amide bonds. The minimum Gasteiger partial charge on any atom is -0.432 e. The predicted molar refractivity (Wildman–Crippen MR) is 51.1 cm³/mol. The quantitative estimate of drug-likeness (QED) is 0.734. The molecular formula is C10H7N3O. The number of benzene rings is 1. The highest BCUT2D eigenvalue weighted by Crippen LogP contribution is 2.22. The Hall–Kier alpha value is -2.28. The highest BCUT2D eigenvalue weighted by molar-refractivity contribution is 5.67. The van der Waals surface area contributed by atoms with Gasteiger partial charge in [-0.1, -0.05) is 18.2 Å². The zero-order valence-corrected chi connectivity index (χ0v) is 7.27. The summed E-state index contributed by atoms with van der Waals surface area (Å²) >= 11 is 0. The topological polar surface area (TPSA) is 75.8 Å². The molecule has 1 heterocycles. The van der Waals surface area contributed by atoms with Crippen LogP contribution in [-0.4, -0.2) is 4.98 Å². The Labute approximate surface area is 80.6 Å². The number of nitrogens with zero attached hydrogens (tertiary/aromatic N) is 2. The second kappa shape index (κ2) is 3.23. The Morgan fingerprint density at radius 2 is 2.14 bits per heavy atom. The van der Waals surface area contributed by atoms with Crippen LogP contribution in [-0.2, 0) is 0 Å². The fourth-order valence-corrected chi connectivity index (χ4v) is 1.22. The van der Waals surface area contributed by atoms with E-state index in [9.17, 15) is 0 Å². The Kier molecular flexibility index (Phi) is 1.92. The van der Waals surface area contributed by atoms with Crippen LogP contribution in [0.15, 0.2) is 34.9 Å². The number of rotatable bonds is 1. The lowest BCUT2D eigenvalue weighted by atomic mass is 10.1. The Bertz CT molecular complexity index is 496. The lowest BCUT2D eigenvalue weighted by molar-refractivity contribution is 0.581. The van der Waals surface area contributed by atoms with Gasteiger partial charge >= 0.3 is 0 Å². The van der Waals surface area contributed by atoms with Gasteiger partial charge < -0.3 is 10.2 Å². The lowest BCUT2D eigenvalue weighted by Gasteiger charge is -1.96. The normalized spacial score (nSPS) is 9.64. The van der Waals surface area contributed by atoms with Gasteiger partial charge in [-0.15, -0.1) is 0 Å². The summed E-state index contributed by atoms with van der Waals surface area (Å²) in [6.45, 7) is 0. The van der Waals surface area contributed by atoms with E-state index in [1.165, 1.54) is 6.26 Å². The molecule has 0 aliphatic carbocycles. The molecule has 0 aliphatic rings. The third-order valence-electron chi connectivity index (χ3n) is 1.85. The van der Waals surface area contributed by atoms with E-state index in [1.54, 1.807) is 18.2 Å². The lowest BCUT2D eigenvalue weighted by Crippen LogP contribution is -1.86. The molecule has 1 aromatic carbocycles. The van der Waals surface area contributed by atoms with Crippen LogP contribution in [0.3, 0.4) is 0 Å². The molecule has 0 spiro atoms. The van der Waals surface area contributed by atoms with Crippen molar-refractivity contribution in [2.24, 2.45) is 0 Å². The van der Waals surface area contributed by atoms with Gasteiger partial charge in [-0.2, -0.15) is 10.2 Å². The summed E-state index contributed by atoms with van der Waals surface area (Å²) in [7, 11) is 0. The standard InChI is InChI=1S/C10H7N3O/c11-5-7-3-1-2-4-8(7)9-6-14-10(12)13-9/h1-4,6H,(H2,12,13). The van der Waals surface area contributed by atoms with E-state index in [-0.39, 0.29) is 6.01 Å². The van der Waals surface area contributed by atoms with Crippen molar-refractivity contribution in [3.05, 3.63) is 36.1 Å². The van der Waals surface area contributed by atoms with Gasteiger partial charge in [0.1, 0.15) is 12.0 Å². The fraction of sp³-hybridized carbons (Fsp3) is 0. The number of nitriles is 1. The van der Waals surface area contributed by atoms with Crippen LogP contribution in [0.5, 0.6) is 0 Å². The predicted octanol–water partition coefficient (Wildman–Crippen LogP) is 1.80. The van der Waals surface area contributed by atoms with Crippen LogP contribution in [0.1, 0.15) is 5.56 Å². The Morgan fingerprint density at radius 3 is 2.79 bits per heavy atom. The van der Waals surface area contributed by atoms with Gasteiger partial charge in [0.05, 0.1) is 11.6 Å². The molecule has 4 nitrogen and oxygen atoms in total. The van der Waals surface area contributed by atoms with Crippen molar-refractivity contribution < 1.29 is 4.42 Å². The molecule has 68 valence electrons. The van der Waals surface area contributed by atoms with E-state index in [1.807, 2.05) is 6.07 Å². The van der Waals surface area contributed by atoms with Gasteiger partial charge in [0, 0.05) is 5.56 Å². The summed E-state index contributed by atoms with van der Waals surface area (Å²) in [5.41, 5.74) is 7.22. The van der Waals surface area contributed by atoms with Crippen molar-refractivity contribution in [3.8, 4) is 17.3 Å². The molecule has 14 heavy (non-hydrogen) atoms. The minimum atomic E-state index is 0.104. The fourth-order valence-electron chi connectivity index (χ4n) is 1.22. The van der Waals surface area contributed by atoms with Crippen LogP contribution in [0.4, 0.5) is 6.01 Å². The summed E-state index contributed by atoms with van der Waals surface area (Å²) in [5.74, 6) is 0. The second-order valence-corrected chi connectivity index (χ2v) is 2.73. The van der Waals surface area contributed by atoms with Crippen LogP contribution in [0.2, 0.25) is 0 Å². The van der Waals surface area contributed by atoms with Crippen molar-refractivity contribution in [1.29, 1.82) is 5.26 Å². The highest BCUT2D eigenvalue weighted by atomic mass is 16.4. The summed E-state index contributed by atoms with van der Waals surface area (Å²) < 4.78 is 4.88. The maximum Gasteiger partial charge on any atom is 0.292 e. The van der Waals surface area contributed by atoms with Crippen molar-refractivity contribution in [2.75, 3.05) is 5.73 Å². The minimum absolute atomic E-state index is 0.104. The van der Waals surface area contributed by atoms with E-state index in [0.717, 1.165) is 5.56 Å². The van der Waals surface area contributed by atoms with Gasteiger partial charge in [0.15, 0.2) is 0 Å². The summed E-state index contributed by atoms with van der Waals surface area (Å²) in [4.78, 5) is 3.95. The number of nitrogen functional groups attached to an aromatic ring is 1. The molecule has 0 saturated heterocycles. The maximum atomic E-state index is 8.85. The Morgan fingerprint density at radius 1 is 1.36 bits per heavy atom. The first-order valence-electron chi connectivity index (χ1n) is 4.02. The maximum absolute atomic E-state index is 8.85. The molecule has 0 bridgehead atoms. The van der Waals surface area contributed by atoms with E-state index < -0.39 is 0 Å². The number of nitrogens with two attached hydrogens (primary N) is 1. The molecule has 0 radical (unpaired) electrons. The van der Waals surface area contributed by atoms with Crippen molar-refractivity contribution in [3.63, 3.8) is 0 Å². The molecule has 4 heteroatoms. The number of hydrogen-bond acceptors (Lipinski definition) is 4. The first-order valence-corrected chi connectivity index (χ1v) is 4.02. The van der Waals surface area contributed by atoms with Gasteiger partial charge in [-0.25, -0.2) is 0 Å². The van der Waals surface area contributed by atoms with Gasteiger partial charge in [0.25, 0.3) is 6.01 Å². The van der Waals surface area contributed by atoms with E-state index in [0.29, 0.717) is 11.3 Å². The number of anilines is 1. The molecular weight excluding hydrogens is 178 g/mol. The first-order chi connectivity index (χ1) is 6.81. The van der Waals surface area contributed by atoms with E-state index in [2.05, 4.69) is 11.1 Å². The van der Waals surface area contributed by atoms with Gasteiger partial charge in [0.2, 0.25) is 0 Å². The van der Waals surface area contributed by atoms with E-state index >= 15 is 0 Å². The zero-order valence-electron chi connectivity index (χ0n) is 7.27. The molecule has 2 rings (SSSR count). The number of aromatic nitrogens is 1. The van der Waals surface area contributed by atoms with E-state index in [4.69, 9.17) is 15.4 Å². The summed E-state index contributed by atoms with van der Waals surface area (Å²) in [5, 5.41) is 8.85. The molecule has 2 aromatic rings. The SMILES string of the molecule is N#Cc1ccccc1-c1coc(N)n1. The molecule has 0 aliphatic heterocycles. The van der Waals surface area contributed by atoms with Gasteiger partial charge in [-0.05, 0) is 6.07 Å². The monoisotopic (exact) mass is 185 g/mol. The molecule has 0 fully saturated rings. The largest absolute Gasteiger partial charge is 0.432 e. The van der Waals surface area contributed by atoms with Crippen molar-refractivity contribution in [1.82, 2.24) is 4.98 Å². The third-order valence-corrected chi connectivity index (χ3v) is 1.85. The summed E-state index contributed by atoms with van der Waals surface area (Å²) in [6, 6.07) is 9.34. The molecule has 0 atom stereocenters. The first kappa shape index (κ1) is 8.32. The second-order valence-electron chi connectivity index (χ2n) is 2.73. The Balaban J connectivity index is 2.57. The number of oxazole rings is 1. The average Bonchev–Trinajstić information content (AvgIpc) is 2.65. The molecule has 0 unspecified atom stereocenters. The number of hydrogen-bond donors (Lipinski definition) is 1. The van der Waals surface area contributed by atoms with Crippen LogP contribution >= 0.6 is 0 Å². The smallest absolute Gasteiger partial charge is 0.292 e.